The molecule has 0 aliphatic heterocycles. The first-order valence-corrected chi connectivity index (χ1v) is 6.92. The van der Waals surface area contributed by atoms with E-state index < -0.39 is 0 Å². The summed E-state index contributed by atoms with van der Waals surface area (Å²) in [6.07, 6.45) is 1.42. The van der Waals surface area contributed by atoms with Crippen LogP contribution in [0.2, 0.25) is 0 Å². The fourth-order valence-corrected chi connectivity index (χ4v) is 2.55. The van der Waals surface area contributed by atoms with Gasteiger partial charge < -0.3 is 15.6 Å². The highest BCUT2D eigenvalue weighted by Gasteiger charge is 2.10. The summed E-state index contributed by atoms with van der Waals surface area (Å²) < 4.78 is 0.595. The summed E-state index contributed by atoms with van der Waals surface area (Å²) in [6, 6.07) is 8.09. The molecule has 0 saturated heterocycles. The van der Waals surface area contributed by atoms with Crippen LogP contribution in [0.5, 0.6) is 0 Å². The number of anilines is 1. The molecule has 5 nitrogen and oxygen atoms in total. The highest BCUT2D eigenvalue weighted by Crippen LogP contribution is 2.16. The third-order valence-electron chi connectivity index (χ3n) is 2.79. The van der Waals surface area contributed by atoms with Crippen molar-refractivity contribution < 1.29 is 0 Å². The number of nitrogens with two attached hydrogens (primary N) is 1. The second-order valence-corrected chi connectivity index (χ2v) is 5.33. The first kappa shape index (κ1) is 14.0. The normalized spacial score (nSPS) is 10.5. The highest BCUT2D eigenvalue weighted by atomic mass is 127. The summed E-state index contributed by atoms with van der Waals surface area (Å²) in [4.78, 5) is 20.3. The predicted octanol–water partition coefficient (Wildman–Crippen LogP) is 1.47. The monoisotopic (exact) mass is 370 g/mol. The molecule has 0 aliphatic rings. The van der Waals surface area contributed by atoms with Crippen molar-refractivity contribution in [1.82, 2.24) is 9.97 Å². The van der Waals surface area contributed by atoms with E-state index >= 15 is 0 Å². The van der Waals surface area contributed by atoms with Crippen molar-refractivity contribution in [1.29, 1.82) is 0 Å². The van der Waals surface area contributed by atoms with Crippen LogP contribution in [0.25, 0.3) is 0 Å². The average Bonchev–Trinajstić information content (AvgIpc) is 2.42. The maximum Gasteiger partial charge on any atom is 0.266 e. The lowest BCUT2D eigenvalue weighted by molar-refractivity contribution is 0.877. The van der Waals surface area contributed by atoms with E-state index in [2.05, 4.69) is 16.0 Å². The van der Waals surface area contributed by atoms with Gasteiger partial charge in [-0.05, 0) is 33.7 Å². The van der Waals surface area contributed by atoms with Gasteiger partial charge in [-0.15, -0.1) is 0 Å². The molecule has 0 unspecified atom stereocenters. The first-order valence-electron chi connectivity index (χ1n) is 5.84. The molecule has 0 aliphatic carbocycles. The summed E-state index contributed by atoms with van der Waals surface area (Å²) in [7, 11) is 1.92. The molecule has 1 heterocycles. The quantitative estimate of drug-likeness (QED) is 0.800. The highest BCUT2D eigenvalue weighted by molar-refractivity contribution is 14.1. The molecular weight excluding hydrogens is 355 g/mol. The van der Waals surface area contributed by atoms with E-state index in [1.807, 2.05) is 52.7 Å². The molecule has 6 heteroatoms. The molecule has 0 saturated carbocycles. The Morgan fingerprint density at radius 2 is 2.16 bits per heavy atom. The first-order chi connectivity index (χ1) is 9.11. The summed E-state index contributed by atoms with van der Waals surface area (Å²) in [5.74, 6) is 0.683. The molecule has 0 bridgehead atoms. The fourth-order valence-electron chi connectivity index (χ4n) is 1.84. The third-order valence-corrected chi connectivity index (χ3v) is 3.76. The van der Waals surface area contributed by atoms with E-state index in [0.29, 0.717) is 22.5 Å². The molecule has 2 aromatic rings. The Morgan fingerprint density at radius 1 is 1.42 bits per heavy atom. The van der Waals surface area contributed by atoms with Crippen LogP contribution < -0.4 is 16.2 Å². The SMILES string of the molecule is CN(Cc1cccc(CN)c1)c1nc[nH]c(=O)c1I. The van der Waals surface area contributed by atoms with Crippen LogP contribution in [0.15, 0.2) is 35.4 Å². The molecule has 3 N–H and O–H groups in total. The zero-order valence-corrected chi connectivity index (χ0v) is 12.7. The molecule has 100 valence electrons. The average molecular weight is 370 g/mol. The predicted molar refractivity (Wildman–Crippen MR) is 84.0 cm³/mol. The number of hydrogen-bond donors (Lipinski definition) is 2. The van der Waals surface area contributed by atoms with Crippen LogP contribution in [-0.4, -0.2) is 17.0 Å². The van der Waals surface area contributed by atoms with Crippen LogP contribution in [0.1, 0.15) is 11.1 Å². The van der Waals surface area contributed by atoms with Crippen LogP contribution in [0.4, 0.5) is 5.82 Å². The van der Waals surface area contributed by atoms with E-state index in [-0.39, 0.29) is 5.56 Å². The number of H-pyrrole nitrogens is 1. The number of benzene rings is 1. The van der Waals surface area contributed by atoms with Crippen LogP contribution in [0, 0.1) is 3.57 Å². The lowest BCUT2D eigenvalue weighted by Gasteiger charge is -2.19. The summed E-state index contributed by atoms with van der Waals surface area (Å²) >= 11 is 2.01. The minimum atomic E-state index is -0.117. The molecule has 0 atom stereocenters. The Labute approximate surface area is 125 Å². The maximum absolute atomic E-state index is 11.6. The number of nitrogens with one attached hydrogen (secondary N) is 1. The molecule has 0 fully saturated rings. The second kappa shape index (κ2) is 6.16. The van der Waals surface area contributed by atoms with E-state index in [0.717, 1.165) is 11.1 Å². The van der Waals surface area contributed by atoms with Gasteiger partial charge in [0.25, 0.3) is 5.56 Å². The summed E-state index contributed by atoms with van der Waals surface area (Å²) in [5, 5.41) is 0. The Morgan fingerprint density at radius 3 is 2.89 bits per heavy atom. The van der Waals surface area contributed by atoms with Gasteiger partial charge in [-0.3, -0.25) is 4.79 Å². The fraction of sp³-hybridized carbons (Fsp3) is 0.231. The van der Waals surface area contributed by atoms with Gasteiger partial charge in [-0.2, -0.15) is 0 Å². The molecule has 1 aromatic heterocycles. The zero-order valence-electron chi connectivity index (χ0n) is 10.6. The smallest absolute Gasteiger partial charge is 0.266 e. The van der Waals surface area contributed by atoms with Gasteiger partial charge in [0.1, 0.15) is 9.39 Å². The summed E-state index contributed by atoms with van der Waals surface area (Å²) in [5.41, 5.74) is 7.75. The van der Waals surface area contributed by atoms with Gasteiger partial charge in [0.2, 0.25) is 0 Å². The largest absolute Gasteiger partial charge is 0.354 e. The second-order valence-electron chi connectivity index (χ2n) is 4.25. The van der Waals surface area contributed by atoms with Crippen molar-refractivity contribution in [2.45, 2.75) is 13.1 Å². The van der Waals surface area contributed by atoms with Crippen molar-refractivity contribution in [2.24, 2.45) is 5.73 Å². The van der Waals surface area contributed by atoms with Crippen molar-refractivity contribution in [2.75, 3.05) is 11.9 Å². The molecule has 0 amide bonds. The molecule has 2 rings (SSSR count). The van der Waals surface area contributed by atoms with Gasteiger partial charge in [0, 0.05) is 20.1 Å². The van der Waals surface area contributed by atoms with E-state index in [1.54, 1.807) is 0 Å². The molecule has 19 heavy (non-hydrogen) atoms. The minimum absolute atomic E-state index is 0.117. The van der Waals surface area contributed by atoms with Gasteiger partial charge in [0.05, 0.1) is 6.33 Å². The van der Waals surface area contributed by atoms with Gasteiger partial charge in [-0.1, -0.05) is 24.3 Å². The maximum atomic E-state index is 11.6. The van der Waals surface area contributed by atoms with Crippen LogP contribution >= 0.6 is 22.6 Å². The molecule has 0 spiro atoms. The lowest BCUT2D eigenvalue weighted by atomic mass is 10.1. The Hall–Kier alpha value is -1.41. The van der Waals surface area contributed by atoms with E-state index in [1.165, 1.54) is 6.33 Å². The van der Waals surface area contributed by atoms with Crippen LogP contribution in [-0.2, 0) is 13.1 Å². The van der Waals surface area contributed by atoms with Crippen LogP contribution in [0.3, 0.4) is 0 Å². The van der Waals surface area contributed by atoms with E-state index in [9.17, 15) is 4.79 Å². The Bertz CT molecular complexity index is 626. The number of hydrogen-bond acceptors (Lipinski definition) is 4. The zero-order chi connectivity index (χ0) is 13.8. The van der Waals surface area contributed by atoms with E-state index in [4.69, 9.17) is 5.73 Å². The number of halogens is 1. The molecule has 1 aromatic carbocycles. The van der Waals surface area contributed by atoms with Gasteiger partial charge >= 0.3 is 0 Å². The van der Waals surface area contributed by atoms with Gasteiger partial charge in [-0.25, -0.2) is 4.98 Å². The van der Waals surface area contributed by atoms with Crippen molar-refractivity contribution in [3.8, 4) is 0 Å². The lowest BCUT2D eigenvalue weighted by Crippen LogP contribution is -2.23. The molecule has 0 radical (unpaired) electrons. The topological polar surface area (TPSA) is 75.0 Å². The Balaban J connectivity index is 2.23. The van der Waals surface area contributed by atoms with Crippen molar-refractivity contribution >= 4 is 28.4 Å². The number of aromatic nitrogens is 2. The van der Waals surface area contributed by atoms with Crippen molar-refractivity contribution in [3.05, 3.63) is 55.6 Å². The number of rotatable bonds is 4. The number of aromatic amines is 1. The third kappa shape index (κ3) is 3.32. The minimum Gasteiger partial charge on any atom is -0.354 e. The molecular formula is C13H15IN4O. The number of nitrogens with zero attached hydrogens (tertiary/aromatic N) is 2. The van der Waals surface area contributed by atoms with Gasteiger partial charge in [0.15, 0.2) is 0 Å². The Kier molecular flexibility index (Phi) is 4.54. The summed E-state index contributed by atoms with van der Waals surface area (Å²) in [6.45, 7) is 1.21. The van der Waals surface area contributed by atoms with Crippen molar-refractivity contribution in [3.63, 3.8) is 0 Å². The standard InChI is InChI=1S/C13H15IN4O/c1-18(12-11(14)13(19)17-8-16-12)7-10-4-2-3-9(5-10)6-15/h2-5,8H,6-7,15H2,1H3,(H,16,17,19).